The fourth-order valence-electron chi connectivity index (χ4n) is 4.04. The number of rotatable bonds is 8. The lowest BCUT2D eigenvalue weighted by Crippen LogP contribution is -2.34. The van der Waals surface area contributed by atoms with Crippen LogP contribution in [0.5, 0.6) is 17.2 Å². The summed E-state index contributed by atoms with van der Waals surface area (Å²) in [5.41, 5.74) is 1.71. The fraction of sp³-hybridized carbons (Fsp3) is 0.429. The Kier molecular flexibility index (Phi) is 7.48. The number of nitrogens with zero attached hydrogens (tertiary/aromatic N) is 1. The number of allylic oxidation sites excluding steroid dienone is 1. The van der Waals surface area contributed by atoms with E-state index in [1.807, 2.05) is 45.9 Å². The third-order valence-corrected chi connectivity index (χ3v) is 7.28. The van der Waals surface area contributed by atoms with Gasteiger partial charge in [0, 0.05) is 31.0 Å². The summed E-state index contributed by atoms with van der Waals surface area (Å²) in [6.45, 7) is 10.6. The molecule has 4 rings (SSSR count). The SMILES string of the molecule is CC(COC(C)(C)C)Oc1cc(Oc2ccc(S(C)(=O)=O)cc2)cc(C2NC3=C(N2)N(C)C(C)C=C3)c1. The van der Waals surface area contributed by atoms with E-state index in [2.05, 4.69) is 41.7 Å². The highest BCUT2D eigenvalue weighted by Crippen LogP contribution is 2.34. The molecule has 2 aliphatic rings. The summed E-state index contributed by atoms with van der Waals surface area (Å²) < 4.78 is 41.9. The molecule has 0 saturated heterocycles. The molecule has 0 spiro atoms. The molecule has 2 heterocycles. The predicted octanol–water partition coefficient (Wildman–Crippen LogP) is 4.72. The Morgan fingerprint density at radius 1 is 1.03 bits per heavy atom. The standard InChI is InChI=1S/C28H37N3O5S/c1-18-8-13-25-27(31(18)6)30-26(29-25)20-14-22(35-19(2)17-34-28(3,4)5)16-23(15-20)36-21-9-11-24(12-10-21)37(7,32)33/h8-16,18-19,26,29-30H,17H2,1-7H3. The second-order valence-electron chi connectivity index (χ2n) is 10.6. The van der Waals surface area contributed by atoms with Gasteiger partial charge >= 0.3 is 0 Å². The van der Waals surface area contributed by atoms with Crippen LogP contribution >= 0.6 is 0 Å². The number of nitrogens with one attached hydrogen (secondary N) is 2. The van der Waals surface area contributed by atoms with E-state index in [4.69, 9.17) is 14.2 Å². The van der Waals surface area contributed by atoms with E-state index in [9.17, 15) is 8.42 Å². The number of hydrogen-bond acceptors (Lipinski definition) is 8. The van der Waals surface area contributed by atoms with Gasteiger partial charge in [0.15, 0.2) is 9.84 Å². The molecule has 2 aromatic rings. The minimum Gasteiger partial charge on any atom is -0.488 e. The summed E-state index contributed by atoms with van der Waals surface area (Å²) in [7, 11) is -1.22. The van der Waals surface area contributed by atoms with Gasteiger partial charge in [0.25, 0.3) is 0 Å². The Bertz CT molecular complexity index is 1300. The highest BCUT2D eigenvalue weighted by atomic mass is 32.2. The van der Waals surface area contributed by atoms with Crippen molar-refractivity contribution in [1.82, 2.24) is 15.5 Å². The van der Waals surface area contributed by atoms with Gasteiger partial charge in [0.05, 0.1) is 22.8 Å². The van der Waals surface area contributed by atoms with Crippen molar-refractivity contribution in [3.8, 4) is 17.2 Å². The zero-order chi connectivity index (χ0) is 27.0. The van der Waals surface area contributed by atoms with Crippen molar-refractivity contribution in [3.05, 3.63) is 71.7 Å². The van der Waals surface area contributed by atoms with Crippen LogP contribution in [0.1, 0.15) is 46.3 Å². The average Bonchev–Trinajstić information content (AvgIpc) is 3.25. The highest BCUT2D eigenvalue weighted by molar-refractivity contribution is 7.90. The third kappa shape index (κ3) is 6.78. The molecular weight excluding hydrogens is 490 g/mol. The topological polar surface area (TPSA) is 89.1 Å². The molecule has 9 heteroatoms. The van der Waals surface area contributed by atoms with E-state index >= 15 is 0 Å². The van der Waals surface area contributed by atoms with E-state index in [1.165, 1.54) is 6.26 Å². The largest absolute Gasteiger partial charge is 0.488 e. The van der Waals surface area contributed by atoms with Gasteiger partial charge in [-0.1, -0.05) is 6.08 Å². The normalized spacial score (nSPS) is 20.2. The van der Waals surface area contributed by atoms with Gasteiger partial charge in [-0.3, -0.25) is 0 Å². The Labute approximate surface area is 220 Å². The summed E-state index contributed by atoms with van der Waals surface area (Å²) in [5.74, 6) is 2.79. The first-order chi connectivity index (χ1) is 17.3. The second-order valence-corrected chi connectivity index (χ2v) is 12.6. The molecule has 2 aromatic carbocycles. The molecule has 2 aliphatic heterocycles. The van der Waals surface area contributed by atoms with Crippen LogP contribution in [-0.4, -0.2) is 51.0 Å². The Morgan fingerprint density at radius 3 is 2.35 bits per heavy atom. The molecule has 3 atom stereocenters. The smallest absolute Gasteiger partial charge is 0.175 e. The molecule has 0 bridgehead atoms. The Balaban J connectivity index is 1.58. The van der Waals surface area contributed by atoms with Crippen LogP contribution in [0.15, 0.2) is 71.0 Å². The monoisotopic (exact) mass is 527 g/mol. The van der Waals surface area contributed by atoms with E-state index in [0.29, 0.717) is 29.9 Å². The first-order valence-electron chi connectivity index (χ1n) is 12.4. The summed E-state index contributed by atoms with van der Waals surface area (Å²) >= 11 is 0. The summed E-state index contributed by atoms with van der Waals surface area (Å²) in [5, 5.41) is 7.11. The molecule has 0 radical (unpaired) electrons. The fourth-order valence-corrected chi connectivity index (χ4v) is 4.67. The van der Waals surface area contributed by atoms with Crippen LogP contribution < -0.4 is 20.1 Å². The maximum absolute atomic E-state index is 11.8. The van der Waals surface area contributed by atoms with Crippen LogP contribution in [0.2, 0.25) is 0 Å². The lowest BCUT2D eigenvalue weighted by atomic mass is 10.1. The van der Waals surface area contributed by atoms with Crippen molar-refractivity contribution >= 4 is 9.84 Å². The van der Waals surface area contributed by atoms with Crippen molar-refractivity contribution in [2.75, 3.05) is 19.9 Å². The maximum Gasteiger partial charge on any atom is 0.175 e. The molecule has 0 fully saturated rings. The highest BCUT2D eigenvalue weighted by Gasteiger charge is 2.29. The molecular formula is C28H37N3O5S. The number of likely N-dealkylation sites (N-methyl/N-ethyl adjacent to an activating group) is 1. The molecule has 0 saturated carbocycles. The molecule has 37 heavy (non-hydrogen) atoms. The Hall–Kier alpha value is -3.17. The number of sulfone groups is 1. The first-order valence-corrected chi connectivity index (χ1v) is 14.3. The lowest BCUT2D eigenvalue weighted by molar-refractivity contribution is -0.0374. The van der Waals surface area contributed by atoms with Gasteiger partial charge in [0.1, 0.15) is 35.3 Å². The second kappa shape index (κ2) is 10.3. The van der Waals surface area contributed by atoms with Gasteiger partial charge < -0.3 is 29.7 Å². The minimum atomic E-state index is -3.28. The summed E-state index contributed by atoms with van der Waals surface area (Å²) in [6, 6.07) is 12.4. The first kappa shape index (κ1) is 26.9. The van der Waals surface area contributed by atoms with E-state index < -0.39 is 9.84 Å². The molecule has 8 nitrogen and oxygen atoms in total. The zero-order valence-corrected chi connectivity index (χ0v) is 23.3. The van der Waals surface area contributed by atoms with Crippen molar-refractivity contribution in [1.29, 1.82) is 0 Å². The van der Waals surface area contributed by atoms with Crippen LogP contribution in [0.4, 0.5) is 0 Å². The number of benzene rings is 2. The van der Waals surface area contributed by atoms with Crippen LogP contribution in [-0.2, 0) is 14.6 Å². The maximum atomic E-state index is 11.8. The minimum absolute atomic E-state index is 0.179. The average molecular weight is 528 g/mol. The van der Waals surface area contributed by atoms with Gasteiger partial charge in [0.2, 0.25) is 0 Å². The van der Waals surface area contributed by atoms with E-state index in [-0.39, 0.29) is 22.8 Å². The van der Waals surface area contributed by atoms with Crippen LogP contribution in [0, 0.1) is 0 Å². The molecule has 0 aromatic heterocycles. The summed E-state index contributed by atoms with van der Waals surface area (Å²) in [6.07, 6.45) is 5.08. The quantitative estimate of drug-likeness (QED) is 0.510. The van der Waals surface area contributed by atoms with Gasteiger partial charge in [-0.25, -0.2) is 8.42 Å². The van der Waals surface area contributed by atoms with E-state index in [0.717, 1.165) is 17.1 Å². The van der Waals surface area contributed by atoms with Crippen molar-refractivity contribution < 1.29 is 22.6 Å². The molecule has 0 amide bonds. The summed E-state index contributed by atoms with van der Waals surface area (Å²) in [4.78, 5) is 2.43. The Morgan fingerprint density at radius 2 is 1.70 bits per heavy atom. The zero-order valence-electron chi connectivity index (χ0n) is 22.5. The van der Waals surface area contributed by atoms with Crippen molar-refractivity contribution in [2.24, 2.45) is 0 Å². The van der Waals surface area contributed by atoms with Crippen molar-refractivity contribution in [3.63, 3.8) is 0 Å². The van der Waals surface area contributed by atoms with E-state index in [1.54, 1.807) is 24.3 Å². The van der Waals surface area contributed by atoms with Crippen molar-refractivity contribution in [2.45, 2.75) is 63.4 Å². The lowest BCUT2D eigenvalue weighted by Gasteiger charge is -2.29. The molecule has 2 N–H and O–H groups in total. The van der Waals surface area contributed by atoms with Crippen LogP contribution in [0.3, 0.4) is 0 Å². The molecule has 200 valence electrons. The van der Waals surface area contributed by atoms with Crippen LogP contribution in [0.25, 0.3) is 0 Å². The number of hydrogen-bond donors (Lipinski definition) is 2. The third-order valence-electron chi connectivity index (χ3n) is 6.15. The van der Waals surface area contributed by atoms with Gasteiger partial charge in [-0.05, 0) is 77.1 Å². The van der Waals surface area contributed by atoms with Gasteiger partial charge in [-0.2, -0.15) is 0 Å². The molecule has 3 unspecified atom stereocenters. The number of ether oxygens (including phenoxy) is 3. The van der Waals surface area contributed by atoms with Gasteiger partial charge in [-0.15, -0.1) is 0 Å². The molecule has 0 aliphatic carbocycles. The predicted molar refractivity (Wildman–Crippen MR) is 144 cm³/mol.